The Balaban J connectivity index is 1.92. The van der Waals surface area contributed by atoms with Crippen molar-refractivity contribution < 1.29 is 14.3 Å². The normalized spacial score (nSPS) is 14.1. The number of nitrogens with zero attached hydrogens (tertiary/aromatic N) is 5. The zero-order valence-electron chi connectivity index (χ0n) is 18.5. The molecule has 0 unspecified atom stereocenters. The molecule has 3 heterocycles. The molecule has 1 aromatic carbocycles. The van der Waals surface area contributed by atoms with Crippen molar-refractivity contribution in [1.29, 1.82) is 0 Å². The van der Waals surface area contributed by atoms with E-state index in [1.807, 2.05) is 4.57 Å². The summed E-state index contributed by atoms with van der Waals surface area (Å²) in [6.45, 7) is 3.29. The number of aryl methyl sites for hydroxylation is 1. The summed E-state index contributed by atoms with van der Waals surface area (Å²) in [5.41, 5.74) is 0.941. The molecule has 0 atom stereocenters. The second-order valence-corrected chi connectivity index (χ2v) is 7.63. The van der Waals surface area contributed by atoms with Crippen molar-refractivity contribution in [3.63, 3.8) is 0 Å². The van der Waals surface area contributed by atoms with E-state index in [2.05, 4.69) is 10.2 Å². The summed E-state index contributed by atoms with van der Waals surface area (Å²) >= 11 is 0. The number of anilines is 1. The van der Waals surface area contributed by atoms with Crippen LogP contribution in [0.3, 0.4) is 0 Å². The molecular formula is C21H26N6O5. The van der Waals surface area contributed by atoms with Crippen LogP contribution in [0.4, 0.5) is 5.95 Å². The first kappa shape index (κ1) is 21.6. The fraction of sp³-hybridized carbons (Fsp3) is 0.429. The molecule has 2 aromatic heterocycles. The lowest BCUT2D eigenvalue weighted by atomic mass is 10.1. The summed E-state index contributed by atoms with van der Waals surface area (Å²) in [5, 5.41) is 3.31. The highest BCUT2D eigenvalue weighted by atomic mass is 16.5. The lowest BCUT2D eigenvalue weighted by Gasteiger charge is -2.29. The zero-order valence-corrected chi connectivity index (χ0v) is 18.5. The molecule has 1 aliphatic heterocycles. The molecule has 32 heavy (non-hydrogen) atoms. The van der Waals surface area contributed by atoms with Gasteiger partial charge in [0.15, 0.2) is 11.2 Å². The molecule has 4 rings (SSSR count). The van der Waals surface area contributed by atoms with Gasteiger partial charge in [-0.2, -0.15) is 4.98 Å². The number of piperazine rings is 1. The van der Waals surface area contributed by atoms with Gasteiger partial charge in [-0.15, -0.1) is 0 Å². The number of ether oxygens (including phenoxy) is 2. The molecule has 0 amide bonds. The third-order valence-electron chi connectivity index (χ3n) is 5.76. The zero-order chi connectivity index (χ0) is 23.0. The fourth-order valence-electron chi connectivity index (χ4n) is 3.98. The molecule has 170 valence electrons. The van der Waals surface area contributed by atoms with Crippen LogP contribution < -0.4 is 26.2 Å². The number of nitrogens with one attached hydrogen (secondary N) is 1. The van der Waals surface area contributed by atoms with Crippen molar-refractivity contribution in [2.45, 2.75) is 6.54 Å². The number of methoxy groups -OCH3 is 2. The van der Waals surface area contributed by atoms with E-state index in [4.69, 9.17) is 14.5 Å². The molecule has 0 radical (unpaired) electrons. The van der Waals surface area contributed by atoms with E-state index in [-0.39, 0.29) is 6.54 Å². The van der Waals surface area contributed by atoms with Gasteiger partial charge in [0.1, 0.15) is 5.75 Å². The predicted octanol–water partition coefficient (Wildman–Crippen LogP) is -0.313. The van der Waals surface area contributed by atoms with Gasteiger partial charge in [-0.05, 0) is 12.1 Å². The first-order chi connectivity index (χ1) is 15.4. The summed E-state index contributed by atoms with van der Waals surface area (Å²) in [5.74, 6) is 0.634. The monoisotopic (exact) mass is 442 g/mol. The Kier molecular flexibility index (Phi) is 5.74. The van der Waals surface area contributed by atoms with Crippen LogP contribution in [0.2, 0.25) is 0 Å². The summed E-state index contributed by atoms with van der Waals surface area (Å²) in [6, 6.07) is 5.03. The van der Waals surface area contributed by atoms with Crippen LogP contribution in [-0.2, 0) is 25.4 Å². The number of esters is 1. The lowest BCUT2D eigenvalue weighted by Crippen LogP contribution is -2.44. The number of rotatable bonds is 5. The SMILES string of the molecule is COC(=O)c1ccc(Cn2c(N3CCNCC3)nc3c2c(=O)n(C)c(=O)n3C)c(OC)c1. The Morgan fingerprint density at radius 1 is 1.12 bits per heavy atom. The van der Waals surface area contributed by atoms with Crippen LogP contribution >= 0.6 is 0 Å². The second kappa shape index (κ2) is 8.50. The topological polar surface area (TPSA) is 113 Å². The minimum absolute atomic E-state index is 0.272. The molecule has 3 aromatic rings. The number of imidazole rings is 1. The predicted molar refractivity (Wildman–Crippen MR) is 119 cm³/mol. The third kappa shape index (κ3) is 3.54. The van der Waals surface area contributed by atoms with Gasteiger partial charge in [-0.1, -0.05) is 6.07 Å². The maximum absolute atomic E-state index is 13.1. The number of carbonyl (C=O) groups is 1. The maximum Gasteiger partial charge on any atom is 0.337 e. The van der Waals surface area contributed by atoms with Crippen LogP contribution in [0.1, 0.15) is 15.9 Å². The maximum atomic E-state index is 13.1. The Morgan fingerprint density at radius 3 is 2.50 bits per heavy atom. The van der Waals surface area contributed by atoms with E-state index < -0.39 is 17.2 Å². The van der Waals surface area contributed by atoms with Crippen LogP contribution in [0, 0.1) is 0 Å². The third-order valence-corrected chi connectivity index (χ3v) is 5.76. The van der Waals surface area contributed by atoms with Gasteiger partial charge in [0.05, 0.1) is 26.3 Å². The second-order valence-electron chi connectivity index (χ2n) is 7.63. The standard InChI is InChI=1S/C21H26N6O5/c1-24-17-16(18(28)25(2)21(24)30)27(20(23-17)26-9-7-22-8-10-26)12-14-6-5-13(19(29)32-4)11-15(14)31-3/h5-6,11,22H,7-10,12H2,1-4H3. The lowest BCUT2D eigenvalue weighted by molar-refractivity contribution is 0.0600. The quantitative estimate of drug-likeness (QED) is 0.536. The average Bonchev–Trinajstić information content (AvgIpc) is 3.21. The first-order valence-electron chi connectivity index (χ1n) is 10.2. The summed E-state index contributed by atoms with van der Waals surface area (Å²) in [4.78, 5) is 44.3. The van der Waals surface area contributed by atoms with E-state index in [0.29, 0.717) is 28.4 Å². The number of benzene rings is 1. The molecule has 0 spiro atoms. The van der Waals surface area contributed by atoms with E-state index in [0.717, 1.165) is 36.3 Å². The smallest absolute Gasteiger partial charge is 0.337 e. The highest BCUT2D eigenvalue weighted by molar-refractivity contribution is 5.90. The Morgan fingerprint density at radius 2 is 1.84 bits per heavy atom. The van der Waals surface area contributed by atoms with Crippen LogP contribution in [0.15, 0.2) is 27.8 Å². The van der Waals surface area contributed by atoms with E-state index in [1.165, 1.54) is 25.8 Å². The highest BCUT2D eigenvalue weighted by Gasteiger charge is 2.24. The molecule has 0 aliphatic carbocycles. The van der Waals surface area contributed by atoms with Crippen LogP contribution in [0.5, 0.6) is 5.75 Å². The molecule has 0 saturated carbocycles. The van der Waals surface area contributed by atoms with E-state index in [1.54, 1.807) is 25.2 Å². The molecule has 1 saturated heterocycles. The molecular weight excluding hydrogens is 416 g/mol. The van der Waals surface area contributed by atoms with Gasteiger partial charge in [0, 0.05) is 45.8 Å². The number of fused-ring (bicyclic) bond motifs is 1. The first-order valence-corrected chi connectivity index (χ1v) is 10.2. The number of hydrogen-bond acceptors (Lipinski definition) is 8. The van der Waals surface area contributed by atoms with Gasteiger partial charge in [0.2, 0.25) is 5.95 Å². The molecule has 11 heteroatoms. The van der Waals surface area contributed by atoms with Crippen molar-refractivity contribution >= 4 is 23.1 Å². The van der Waals surface area contributed by atoms with Crippen LogP contribution in [0.25, 0.3) is 11.2 Å². The minimum atomic E-state index is -0.465. The number of carbonyl (C=O) groups excluding carboxylic acids is 1. The van der Waals surface area contributed by atoms with Gasteiger partial charge in [-0.25, -0.2) is 9.59 Å². The molecule has 1 fully saturated rings. The summed E-state index contributed by atoms with van der Waals surface area (Å²) in [7, 11) is 5.90. The Labute approximate surface area is 183 Å². The van der Waals surface area contributed by atoms with Crippen molar-refractivity contribution in [2.75, 3.05) is 45.3 Å². The van der Waals surface area contributed by atoms with Crippen molar-refractivity contribution in [2.24, 2.45) is 14.1 Å². The average molecular weight is 442 g/mol. The molecule has 11 nitrogen and oxygen atoms in total. The largest absolute Gasteiger partial charge is 0.496 e. The molecule has 0 bridgehead atoms. The van der Waals surface area contributed by atoms with E-state index in [9.17, 15) is 14.4 Å². The van der Waals surface area contributed by atoms with Crippen molar-refractivity contribution in [3.8, 4) is 5.75 Å². The number of aromatic nitrogens is 4. The molecule has 1 aliphatic rings. The number of hydrogen-bond donors (Lipinski definition) is 1. The minimum Gasteiger partial charge on any atom is -0.496 e. The molecule has 1 N–H and O–H groups in total. The summed E-state index contributed by atoms with van der Waals surface area (Å²) in [6.07, 6.45) is 0. The van der Waals surface area contributed by atoms with Crippen molar-refractivity contribution in [1.82, 2.24) is 24.0 Å². The van der Waals surface area contributed by atoms with Crippen LogP contribution in [-0.4, -0.2) is 65.1 Å². The van der Waals surface area contributed by atoms with Gasteiger partial charge < -0.3 is 19.7 Å². The van der Waals surface area contributed by atoms with Gasteiger partial charge >= 0.3 is 11.7 Å². The fourth-order valence-corrected chi connectivity index (χ4v) is 3.98. The Hall–Kier alpha value is -3.60. The highest BCUT2D eigenvalue weighted by Crippen LogP contribution is 2.26. The Bertz CT molecular complexity index is 1300. The van der Waals surface area contributed by atoms with Crippen molar-refractivity contribution in [3.05, 3.63) is 50.2 Å². The van der Waals surface area contributed by atoms with E-state index >= 15 is 0 Å². The summed E-state index contributed by atoms with van der Waals surface area (Å²) < 4.78 is 14.6. The van der Waals surface area contributed by atoms with Gasteiger partial charge in [-0.3, -0.25) is 18.5 Å². The van der Waals surface area contributed by atoms with Gasteiger partial charge in [0.25, 0.3) is 5.56 Å².